The quantitative estimate of drug-likeness (QED) is 0.890. The van der Waals surface area contributed by atoms with E-state index in [1.165, 1.54) is 12.5 Å². The average molecular weight is 377 g/mol. The van der Waals surface area contributed by atoms with E-state index in [1.54, 1.807) is 11.0 Å². The van der Waals surface area contributed by atoms with E-state index in [1.807, 2.05) is 24.3 Å². The Morgan fingerprint density at radius 1 is 1.30 bits per heavy atom. The highest BCUT2D eigenvalue weighted by molar-refractivity contribution is 9.10. The van der Waals surface area contributed by atoms with E-state index in [0.717, 1.165) is 23.0 Å². The number of nitrogens with zero attached hydrogens (tertiary/aromatic N) is 1. The van der Waals surface area contributed by atoms with Crippen LogP contribution in [0.5, 0.6) is 0 Å². The van der Waals surface area contributed by atoms with Crippen molar-refractivity contribution in [2.75, 3.05) is 18.4 Å². The van der Waals surface area contributed by atoms with E-state index in [-0.39, 0.29) is 17.7 Å². The summed E-state index contributed by atoms with van der Waals surface area (Å²) in [4.78, 5) is 26.5. The van der Waals surface area contributed by atoms with Crippen LogP contribution in [0.15, 0.2) is 51.7 Å². The molecule has 1 N–H and O–H groups in total. The van der Waals surface area contributed by atoms with Gasteiger partial charge in [-0.1, -0.05) is 22.0 Å². The number of likely N-dealkylation sites (tertiary alicyclic amines) is 1. The molecule has 120 valence electrons. The number of amides is 2. The Kier molecular flexibility index (Phi) is 4.81. The minimum atomic E-state index is -0.196. The smallest absolute Gasteiger partial charge is 0.257 e. The molecule has 1 fully saturated rings. The molecule has 0 spiro atoms. The zero-order chi connectivity index (χ0) is 16.2. The predicted octanol–water partition coefficient (Wildman–Crippen LogP) is 3.53. The number of hydrogen-bond acceptors (Lipinski definition) is 3. The van der Waals surface area contributed by atoms with Crippen molar-refractivity contribution in [1.82, 2.24) is 4.90 Å². The number of hydrogen-bond donors (Lipinski definition) is 1. The number of rotatable bonds is 3. The number of carbonyl (C=O) groups excluding carboxylic acids is 2. The molecule has 6 heteroatoms. The average Bonchev–Trinajstić information content (AvgIpc) is 3.09. The summed E-state index contributed by atoms with van der Waals surface area (Å²) in [5.41, 5.74) is 1.28. The number of anilines is 1. The summed E-state index contributed by atoms with van der Waals surface area (Å²) in [6.07, 6.45) is 4.53. The summed E-state index contributed by atoms with van der Waals surface area (Å²) in [5.74, 6) is -0.329. The molecule has 1 aromatic heterocycles. The largest absolute Gasteiger partial charge is 0.472 e. The van der Waals surface area contributed by atoms with Crippen molar-refractivity contribution in [2.45, 2.75) is 12.8 Å². The lowest BCUT2D eigenvalue weighted by Crippen LogP contribution is -2.43. The van der Waals surface area contributed by atoms with Crippen molar-refractivity contribution in [2.24, 2.45) is 5.92 Å². The Hall–Kier alpha value is -2.08. The number of piperidine rings is 1. The monoisotopic (exact) mass is 376 g/mol. The Bertz CT molecular complexity index is 700. The van der Waals surface area contributed by atoms with Crippen molar-refractivity contribution in [1.29, 1.82) is 0 Å². The predicted molar refractivity (Wildman–Crippen MR) is 90.1 cm³/mol. The van der Waals surface area contributed by atoms with Gasteiger partial charge < -0.3 is 14.6 Å². The SMILES string of the molecule is O=C(Nc1cccc(Br)c1)[C@@H]1CCCN(C(=O)c2ccoc2)C1. The molecule has 2 heterocycles. The van der Waals surface area contributed by atoms with Gasteiger partial charge in [0.1, 0.15) is 6.26 Å². The van der Waals surface area contributed by atoms with Crippen LogP contribution in [-0.2, 0) is 4.79 Å². The summed E-state index contributed by atoms with van der Waals surface area (Å²) in [6, 6.07) is 9.12. The maximum absolute atomic E-state index is 12.5. The van der Waals surface area contributed by atoms with E-state index >= 15 is 0 Å². The fourth-order valence-electron chi connectivity index (χ4n) is 2.75. The van der Waals surface area contributed by atoms with E-state index in [4.69, 9.17) is 4.42 Å². The number of furan rings is 1. The third kappa shape index (κ3) is 3.82. The molecule has 2 aromatic rings. The summed E-state index contributed by atoms with van der Waals surface area (Å²) in [5, 5.41) is 2.92. The van der Waals surface area contributed by atoms with Crippen molar-refractivity contribution < 1.29 is 14.0 Å². The molecule has 1 aliphatic rings. The Balaban J connectivity index is 1.64. The molecule has 0 saturated carbocycles. The second-order valence-corrected chi connectivity index (χ2v) is 6.52. The van der Waals surface area contributed by atoms with Gasteiger partial charge in [-0.2, -0.15) is 0 Å². The number of benzene rings is 1. The van der Waals surface area contributed by atoms with Crippen molar-refractivity contribution >= 4 is 33.4 Å². The van der Waals surface area contributed by atoms with Gasteiger partial charge in [0.05, 0.1) is 17.7 Å². The summed E-state index contributed by atoms with van der Waals surface area (Å²) < 4.78 is 5.87. The lowest BCUT2D eigenvalue weighted by molar-refractivity contribution is -0.121. The van der Waals surface area contributed by atoms with E-state index in [0.29, 0.717) is 18.7 Å². The second-order valence-electron chi connectivity index (χ2n) is 5.60. The molecule has 23 heavy (non-hydrogen) atoms. The highest BCUT2D eigenvalue weighted by Crippen LogP contribution is 2.22. The van der Waals surface area contributed by atoms with Crippen LogP contribution in [0, 0.1) is 5.92 Å². The van der Waals surface area contributed by atoms with E-state index in [2.05, 4.69) is 21.2 Å². The van der Waals surface area contributed by atoms with Crippen LogP contribution in [0.25, 0.3) is 0 Å². The van der Waals surface area contributed by atoms with Gasteiger partial charge in [-0.15, -0.1) is 0 Å². The molecule has 0 bridgehead atoms. The molecule has 1 aromatic carbocycles. The van der Waals surface area contributed by atoms with Gasteiger partial charge in [0, 0.05) is 23.2 Å². The Morgan fingerprint density at radius 3 is 2.91 bits per heavy atom. The third-order valence-corrected chi connectivity index (χ3v) is 4.43. The van der Waals surface area contributed by atoms with Crippen molar-refractivity contribution in [3.05, 3.63) is 52.9 Å². The zero-order valence-electron chi connectivity index (χ0n) is 12.5. The molecule has 0 radical (unpaired) electrons. The standard InChI is InChI=1S/C17H17BrN2O3/c18-14-4-1-5-15(9-14)19-16(21)12-3-2-7-20(10-12)17(22)13-6-8-23-11-13/h1,4-6,8-9,11-12H,2-3,7,10H2,(H,19,21)/t12-/m1/s1. The molecule has 0 unspecified atom stereocenters. The molecule has 5 nitrogen and oxygen atoms in total. The minimum absolute atomic E-state index is 0.0483. The lowest BCUT2D eigenvalue weighted by Gasteiger charge is -2.31. The highest BCUT2D eigenvalue weighted by atomic mass is 79.9. The summed E-state index contributed by atoms with van der Waals surface area (Å²) in [7, 11) is 0. The minimum Gasteiger partial charge on any atom is -0.472 e. The number of halogens is 1. The molecule has 1 atom stereocenters. The van der Waals surface area contributed by atoms with Gasteiger partial charge in [-0.05, 0) is 37.1 Å². The molecular formula is C17H17BrN2O3. The zero-order valence-corrected chi connectivity index (χ0v) is 14.1. The summed E-state index contributed by atoms with van der Waals surface area (Å²) >= 11 is 3.39. The Morgan fingerprint density at radius 2 is 2.17 bits per heavy atom. The highest BCUT2D eigenvalue weighted by Gasteiger charge is 2.29. The van der Waals surface area contributed by atoms with Crippen LogP contribution in [0.2, 0.25) is 0 Å². The maximum Gasteiger partial charge on any atom is 0.257 e. The molecule has 1 saturated heterocycles. The molecule has 1 aliphatic heterocycles. The Labute approximate surface area is 142 Å². The van der Waals surface area contributed by atoms with Crippen LogP contribution in [-0.4, -0.2) is 29.8 Å². The lowest BCUT2D eigenvalue weighted by atomic mass is 9.96. The van der Waals surface area contributed by atoms with Crippen molar-refractivity contribution in [3.63, 3.8) is 0 Å². The van der Waals surface area contributed by atoms with Gasteiger partial charge in [0.25, 0.3) is 5.91 Å². The summed E-state index contributed by atoms with van der Waals surface area (Å²) in [6.45, 7) is 1.11. The normalized spacial score (nSPS) is 17.8. The molecule has 0 aliphatic carbocycles. The molecular weight excluding hydrogens is 360 g/mol. The van der Waals surface area contributed by atoms with Crippen LogP contribution < -0.4 is 5.32 Å². The van der Waals surface area contributed by atoms with Gasteiger partial charge >= 0.3 is 0 Å². The van der Waals surface area contributed by atoms with Gasteiger partial charge in [-0.25, -0.2) is 0 Å². The van der Waals surface area contributed by atoms with E-state index < -0.39 is 0 Å². The fraction of sp³-hybridized carbons (Fsp3) is 0.294. The van der Waals surface area contributed by atoms with Crippen LogP contribution >= 0.6 is 15.9 Å². The van der Waals surface area contributed by atoms with Gasteiger partial charge in [-0.3, -0.25) is 9.59 Å². The van der Waals surface area contributed by atoms with Crippen LogP contribution in [0.1, 0.15) is 23.2 Å². The number of nitrogens with one attached hydrogen (secondary N) is 1. The third-order valence-electron chi connectivity index (χ3n) is 3.94. The topological polar surface area (TPSA) is 62.6 Å². The van der Waals surface area contributed by atoms with Crippen molar-refractivity contribution in [3.8, 4) is 0 Å². The van der Waals surface area contributed by atoms with Gasteiger partial charge in [0.15, 0.2) is 0 Å². The maximum atomic E-state index is 12.5. The first-order valence-electron chi connectivity index (χ1n) is 7.51. The number of carbonyl (C=O) groups is 2. The first-order valence-corrected chi connectivity index (χ1v) is 8.30. The fourth-order valence-corrected chi connectivity index (χ4v) is 3.15. The first-order chi connectivity index (χ1) is 11.1. The molecule has 2 amide bonds. The molecule has 3 rings (SSSR count). The first kappa shape index (κ1) is 15.8. The van der Waals surface area contributed by atoms with Gasteiger partial charge in [0.2, 0.25) is 5.91 Å². The van der Waals surface area contributed by atoms with Crippen LogP contribution in [0.4, 0.5) is 5.69 Å². The van der Waals surface area contributed by atoms with E-state index in [9.17, 15) is 9.59 Å². The second kappa shape index (κ2) is 7.00. The van der Waals surface area contributed by atoms with Crippen LogP contribution in [0.3, 0.4) is 0 Å².